The van der Waals surface area contributed by atoms with Crippen LogP contribution in [0.3, 0.4) is 0 Å². The van der Waals surface area contributed by atoms with Crippen molar-refractivity contribution in [2.45, 2.75) is 94.0 Å². The summed E-state index contributed by atoms with van der Waals surface area (Å²) in [5, 5.41) is 0. The maximum absolute atomic E-state index is 4.76. The lowest BCUT2D eigenvalue weighted by atomic mass is 9.47. The molecule has 0 heterocycles. The molecule has 0 amide bonds. The van der Waals surface area contributed by atoms with Crippen LogP contribution in [0.5, 0.6) is 0 Å². The first kappa shape index (κ1) is 36.6. The molecule has 0 radical (unpaired) electrons. The molecule has 0 aromatic rings. The Kier molecular flexibility index (Phi) is 10.6. The second kappa shape index (κ2) is 13.1. The Morgan fingerprint density at radius 2 is 1.60 bits per heavy atom. The molecule has 0 saturated heterocycles. The van der Waals surface area contributed by atoms with Gasteiger partial charge in [-0.15, -0.1) is 0 Å². The lowest BCUT2D eigenvalue weighted by Gasteiger charge is -2.60. The van der Waals surface area contributed by atoms with Gasteiger partial charge in [-0.1, -0.05) is 135 Å². The molecule has 0 N–H and O–H groups in total. The van der Waals surface area contributed by atoms with Crippen LogP contribution in [-0.4, -0.2) is 24.5 Å². The van der Waals surface area contributed by atoms with Crippen LogP contribution in [0.25, 0.3) is 0 Å². The second-order valence-electron chi connectivity index (χ2n) is 16.4. The van der Waals surface area contributed by atoms with Gasteiger partial charge in [0.05, 0.1) is 0 Å². The summed E-state index contributed by atoms with van der Waals surface area (Å²) < 4.78 is 0. The van der Waals surface area contributed by atoms with Crippen molar-refractivity contribution in [3.63, 3.8) is 0 Å². The Labute approximate surface area is 278 Å². The van der Waals surface area contributed by atoms with Crippen molar-refractivity contribution < 1.29 is 0 Å². The van der Waals surface area contributed by atoms with Gasteiger partial charge in [0.25, 0.3) is 0 Å². The molecule has 3 aliphatic carbocycles. The maximum atomic E-state index is 4.76. The van der Waals surface area contributed by atoms with Gasteiger partial charge in [-0.25, -0.2) is 0 Å². The highest BCUT2D eigenvalue weighted by atomic mass is 15.2. The zero-order chi connectivity index (χ0) is 34.2. The van der Waals surface area contributed by atoms with Crippen LogP contribution in [0.15, 0.2) is 132 Å². The van der Waals surface area contributed by atoms with Gasteiger partial charge in [0.15, 0.2) is 0 Å². The molecule has 244 valence electrons. The molecule has 2 bridgehead atoms. The van der Waals surface area contributed by atoms with E-state index < -0.39 is 0 Å². The molecule has 3 unspecified atom stereocenters. The van der Waals surface area contributed by atoms with Crippen molar-refractivity contribution in [3.05, 3.63) is 132 Å². The molecular formula is C44H63N. The van der Waals surface area contributed by atoms with E-state index in [0.29, 0.717) is 0 Å². The number of hydrogen-bond donors (Lipinski definition) is 0. The smallest absolute Gasteiger partial charge is 0.0212 e. The fourth-order valence-corrected chi connectivity index (χ4v) is 8.47. The minimum atomic E-state index is -0.235. The summed E-state index contributed by atoms with van der Waals surface area (Å²) in [4.78, 5) is 2.45. The van der Waals surface area contributed by atoms with Gasteiger partial charge in [-0.3, -0.25) is 0 Å². The average molecular weight is 606 g/mol. The van der Waals surface area contributed by atoms with Crippen LogP contribution in [-0.2, 0) is 0 Å². The molecule has 3 aliphatic rings. The van der Waals surface area contributed by atoms with E-state index in [2.05, 4.69) is 169 Å². The van der Waals surface area contributed by atoms with Crippen LogP contribution < -0.4 is 0 Å². The van der Waals surface area contributed by atoms with Crippen molar-refractivity contribution in [1.82, 2.24) is 4.90 Å². The van der Waals surface area contributed by atoms with E-state index in [1.165, 1.54) is 22.3 Å². The highest BCUT2D eigenvalue weighted by Gasteiger charge is 2.58. The molecule has 0 fully saturated rings. The minimum absolute atomic E-state index is 0.0970. The predicted molar refractivity (Wildman–Crippen MR) is 201 cm³/mol. The van der Waals surface area contributed by atoms with E-state index >= 15 is 0 Å². The van der Waals surface area contributed by atoms with E-state index in [-0.39, 0.29) is 39.0 Å². The minimum Gasteiger partial charge on any atom is -0.304 e. The summed E-state index contributed by atoms with van der Waals surface area (Å²) >= 11 is 0. The van der Waals surface area contributed by atoms with E-state index in [1.807, 2.05) is 6.08 Å². The van der Waals surface area contributed by atoms with Gasteiger partial charge < -0.3 is 4.90 Å². The number of allylic oxidation sites excluding steroid dienone is 18. The van der Waals surface area contributed by atoms with Gasteiger partial charge in [-0.05, 0) is 122 Å². The lowest BCUT2D eigenvalue weighted by molar-refractivity contribution is -0.0638. The van der Waals surface area contributed by atoms with Gasteiger partial charge in [0, 0.05) is 16.9 Å². The van der Waals surface area contributed by atoms with Gasteiger partial charge >= 0.3 is 0 Å². The zero-order valence-electron chi connectivity index (χ0n) is 30.9. The van der Waals surface area contributed by atoms with Crippen molar-refractivity contribution >= 4 is 0 Å². The normalized spacial score (nSPS) is 28.4. The van der Waals surface area contributed by atoms with Gasteiger partial charge in [0.2, 0.25) is 0 Å². The van der Waals surface area contributed by atoms with Crippen molar-refractivity contribution in [2.75, 3.05) is 14.1 Å². The number of rotatable bonds is 7. The molecule has 0 spiro atoms. The molecule has 0 aromatic heterocycles. The summed E-state index contributed by atoms with van der Waals surface area (Å²) in [5.41, 5.74) is 7.90. The molecule has 45 heavy (non-hydrogen) atoms. The summed E-state index contributed by atoms with van der Waals surface area (Å²) in [5.74, 6) is 0.336. The van der Waals surface area contributed by atoms with Crippen LogP contribution in [0.1, 0.15) is 88.5 Å². The Bertz CT molecular complexity index is 1430. The molecule has 3 atom stereocenters. The van der Waals surface area contributed by atoms with Crippen LogP contribution in [0.4, 0.5) is 0 Å². The fraction of sp³-hybridized carbons (Fsp3) is 0.500. The summed E-state index contributed by atoms with van der Waals surface area (Å²) in [6, 6.07) is 0. The Hall–Kier alpha value is -2.90. The van der Waals surface area contributed by atoms with E-state index in [4.69, 9.17) is 6.58 Å². The second-order valence-corrected chi connectivity index (χ2v) is 16.4. The quantitative estimate of drug-likeness (QED) is 0.206. The molecule has 1 heteroatoms. The van der Waals surface area contributed by atoms with E-state index in [0.717, 1.165) is 36.0 Å². The third-order valence-electron chi connectivity index (χ3n) is 11.9. The monoisotopic (exact) mass is 605 g/mol. The Morgan fingerprint density at radius 3 is 2.18 bits per heavy atom. The average Bonchev–Trinajstić information content (AvgIpc) is 3.45. The Morgan fingerprint density at radius 1 is 0.956 bits per heavy atom. The van der Waals surface area contributed by atoms with E-state index in [1.54, 1.807) is 0 Å². The highest BCUT2D eigenvalue weighted by Crippen LogP contribution is 2.62. The number of hydrogen-bond acceptors (Lipinski definition) is 1. The van der Waals surface area contributed by atoms with E-state index in [9.17, 15) is 0 Å². The molecule has 0 aromatic carbocycles. The summed E-state index contributed by atoms with van der Waals surface area (Å²) in [6.07, 6.45) is 28.1. The molecule has 0 saturated carbocycles. The fourth-order valence-electron chi connectivity index (χ4n) is 8.47. The van der Waals surface area contributed by atoms with Crippen LogP contribution in [0.2, 0.25) is 0 Å². The number of fused-ring (bicyclic) bond motifs is 3. The largest absolute Gasteiger partial charge is 0.304 e. The first-order valence-electron chi connectivity index (χ1n) is 16.9. The molecular weight excluding hydrogens is 542 g/mol. The third kappa shape index (κ3) is 6.66. The molecule has 1 nitrogen and oxygen atoms in total. The standard InChI is InChI=1S/C44H63N/c1-17-19-28-40(7,8)30-44(43(13,14)45(15)16)29-32(4)31(3)24-25-33(5)41(9,10)37(21-18-2)36-26-27-39(44)42(11,12)38-23-20-22-35(38)34(36)6/h17-19,21-28,37,39H,1,3-5,20,29-30H2,2,6-16H3/b21-18-,25-24-,27-26?,28-19-,36-34?. The molecule has 0 aliphatic heterocycles. The maximum Gasteiger partial charge on any atom is 0.0212 e. The first-order chi connectivity index (χ1) is 20.7. The predicted octanol–water partition coefficient (Wildman–Crippen LogP) is 12.1. The van der Waals surface area contributed by atoms with Crippen molar-refractivity contribution in [2.24, 2.45) is 33.5 Å². The lowest BCUT2D eigenvalue weighted by Crippen LogP contribution is -2.60. The van der Waals surface area contributed by atoms with Crippen LogP contribution >= 0.6 is 0 Å². The van der Waals surface area contributed by atoms with Crippen molar-refractivity contribution in [1.29, 1.82) is 0 Å². The topological polar surface area (TPSA) is 3.24 Å². The zero-order valence-corrected chi connectivity index (χ0v) is 30.9. The molecule has 3 rings (SSSR count). The first-order valence-corrected chi connectivity index (χ1v) is 16.9. The number of nitrogens with zero attached hydrogens (tertiary/aromatic N) is 1. The van der Waals surface area contributed by atoms with Crippen LogP contribution in [0, 0.1) is 33.5 Å². The van der Waals surface area contributed by atoms with Gasteiger partial charge in [-0.2, -0.15) is 0 Å². The van der Waals surface area contributed by atoms with Gasteiger partial charge in [0.1, 0.15) is 0 Å². The van der Waals surface area contributed by atoms with Crippen molar-refractivity contribution in [3.8, 4) is 0 Å². The summed E-state index contributed by atoms with van der Waals surface area (Å²) in [6.45, 7) is 41.8. The third-order valence-corrected chi connectivity index (χ3v) is 11.9. The SMILES string of the molecule is C=C/C=C\C(C)(C)CC1(C(C)(C)N(C)C)CC(=C)C(=C)/C=C\C(=C)C(C)(C)C(/C=C\C)C2=C(C)C3=CCC=C3C(C)(C)C1C=C2. The Balaban J connectivity index is 2.61. The highest BCUT2D eigenvalue weighted by molar-refractivity contribution is 5.59. The summed E-state index contributed by atoms with van der Waals surface area (Å²) in [7, 11) is 4.49.